The lowest BCUT2D eigenvalue weighted by atomic mass is 11.1. The maximum absolute atomic E-state index is 9.79. The monoisotopic (exact) mass is 248 g/mol. The van der Waals surface area contributed by atoms with Crippen LogP contribution in [-0.4, -0.2) is 46.8 Å². The van der Waals surface area contributed by atoms with Crippen molar-refractivity contribution in [3.05, 3.63) is 12.5 Å². The number of rotatable bonds is 0. The second-order valence-corrected chi connectivity index (χ2v) is 2.10. The quantitative estimate of drug-likeness (QED) is 0.404. The second-order valence-electron chi connectivity index (χ2n) is 0.947. The van der Waals surface area contributed by atoms with E-state index >= 15 is 0 Å². The predicted octanol–water partition coefficient (Wildman–Crippen LogP) is -6.02. The summed E-state index contributed by atoms with van der Waals surface area (Å²) in [4.78, 5) is 0. The Morgan fingerprint density at radius 1 is 0.786 bits per heavy atom. The van der Waals surface area contributed by atoms with Gasteiger partial charge in [-0.3, -0.25) is 0 Å². The van der Waals surface area contributed by atoms with Gasteiger partial charge < -0.3 is 46.7 Å². The van der Waals surface area contributed by atoms with E-state index in [1.165, 1.54) is 0 Å². The van der Waals surface area contributed by atoms with E-state index in [9.17, 15) is 8.42 Å². The first kappa shape index (κ1) is 52.0. The number of hydrogen-bond acceptors (Lipinski definition) is 4. The van der Waals surface area contributed by atoms with Crippen LogP contribution >= 0.6 is 0 Å². The Labute approximate surface area is 79.0 Å². The molecular weight excluding hydrogens is 232 g/mol. The van der Waals surface area contributed by atoms with Crippen molar-refractivity contribution in [1.82, 2.24) is 0 Å². The van der Waals surface area contributed by atoms with Crippen molar-refractivity contribution in [2.75, 3.05) is 0 Å². The summed E-state index contributed by atoms with van der Waals surface area (Å²) in [7, 11) is -3.63. The van der Waals surface area contributed by atoms with Gasteiger partial charge in [0.1, 0.15) is 0 Å². The Balaban J connectivity index is -0.0000000140. The molecule has 0 amide bonds. The van der Waals surface area contributed by atoms with E-state index in [1.807, 2.05) is 0 Å². The van der Waals surface area contributed by atoms with Crippen LogP contribution < -0.4 is 0 Å². The van der Waals surface area contributed by atoms with Crippen LogP contribution in [0.5, 0.6) is 0 Å². The van der Waals surface area contributed by atoms with Gasteiger partial charge in [0, 0.05) is 0 Å². The SMILES string of the molecule is C=C1OS(=O)(=O)O1.O.O.O.O.O.O.O. The standard InChI is InChI=1S/C2H2O4S.7H2O/c1-2-5-7(3,4)6-2;;;;;;;/h1H2;7*1H2. The van der Waals surface area contributed by atoms with Gasteiger partial charge in [0.05, 0.1) is 0 Å². The molecule has 1 heterocycles. The van der Waals surface area contributed by atoms with Gasteiger partial charge in [-0.2, -0.15) is 0 Å². The van der Waals surface area contributed by atoms with E-state index in [0.29, 0.717) is 0 Å². The van der Waals surface area contributed by atoms with Gasteiger partial charge in [-0.05, 0) is 6.58 Å². The van der Waals surface area contributed by atoms with E-state index in [2.05, 4.69) is 14.9 Å². The van der Waals surface area contributed by atoms with Gasteiger partial charge >= 0.3 is 16.3 Å². The molecule has 1 fully saturated rings. The van der Waals surface area contributed by atoms with Crippen LogP contribution in [0, 0.1) is 0 Å². The molecule has 0 atom stereocenters. The third-order valence-corrected chi connectivity index (χ3v) is 1.17. The zero-order valence-corrected chi connectivity index (χ0v) is 7.56. The van der Waals surface area contributed by atoms with Crippen molar-refractivity contribution in [2.24, 2.45) is 0 Å². The maximum atomic E-state index is 9.79. The molecule has 1 aliphatic heterocycles. The summed E-state index contributed by atoms with van der Waals surface area (Å²) in [5.74, 6) is -0.167. The first-order chi connectivity index (χ1) is 3.10. The van der Waals surface area contributed by atoms with Crippen molar-refractivity contribution < 1.29 is 55.1 Å². The fraction of sp³-hybridized carbons (Fsp3) is 0. The zero-order chi connectivity index (χ0) is 5.49. The molecule has 96 valence electrons. The predicted molar refractivity (Wildman–Crippen MR) is 45.5 cm³/mol. The largest absolute Gasteiger partial charge is 0.506 e. The molecule has 0 spiro atoms. The third kappa shape index (κ3) is 13.6. The molecule has 0 unspecified atom stereocenters. The summed E-state index contributed by atoms with van der Waals surface area (Å²) in [5, 5.41) is 0. The van der Waals surface area contributed by atoms with Gasteiger partial charge in [-0.25, -0.2) is 0 Å². The minimum Gasteiger partial charge on any atom is -0.412 e. The molecule has 0 bridgehead atoms. The number of hydrogen-bond donors (Lipinski definition) is 0. The fourth-order valence-electron chi connectivity index (χ4n) is 0.234. The van der Waals surface area contributed by atoms with Gasteiger partial charge in [0.15, 0.2) is 0 Å². The Kier molecular flexibility index (Phi) is 53.9. The van der Waals surface area contributed by atoms with Gasteiger partial charge in [0.2, 0.25) is 0 Å². The van der Waals surface area contributed by atoms with E-state index in [0.717, 1.165) is 0 Å². The zero-order valence-electron chi connectivity index (χ0n) is 6.75. The molecule has 11 nitrogen and oxygen atoms in total. The third-order valence-electron chi connectivity index (χ3n) is 0.390. The molecule has 1 saturated heterocycles. The molecule has 1 rings (SSSR count). The van der Waals surface area contributed by atoms with Crippen molar-refractivity contribution in [3.63, 3.8) is 0 Å². The highest BCUT2D eigenvalue weighted by Crippen LogP contribution is 2.18. The molecule has 0 radical (unpaired) electrons. The minimum absolute atomic E-state index is 0. The van der Waals surface area contributed by atoms with Gasteiger partial charge in [0.25, 0.3) is 0 Å². The fourth-order valence-corrected chi connectivity index (χ4v) is 0.702. The van der Waals surface area contributed by atoms with Crippen LogP contribution in [0.25, 0.3) is 0 Å². The first-order valence-corrected chi connectivity index (χ1v) is 2.76. The molecule has 0 saturated carbocycles. The van der Waals surface area contributed by atoms with Crippen LogP contribution in [0.2, 0.25) is 0 Å². The molecule has 12 heteroatoms. The second kappa shape index (κ2) is 14.5. The average molecular weight is 248 g/mol. The first-order valence-electron chi connectivity index (χ1n) is 1.43. The summed E-state index contributed by atoms with van der Waals surface area (Å²) in [6, 6.07) is 0. The highest BCUT2D eigenvalue weighted by Gasteiger charge is 2.29. The molecular formula is C2H16O11S. The Morgan fingerprint density at radius 3 is 1.00 bits per heavy atom. The molecule has 0 aromatic rings. The summed E-state index contributed by atoms with van der Waals surface area (Å²) in [5.41, 5.74) is 0. The average Bonchev–Trinajstić information content (AvgIpc) is 1.27. The summed E-state index contributed by atoms with van der Waals surface area (Å²) in [6.07, 6.45) is 0. The van der Waals surface area contributed by atoms with Crippen molar-refractivity contribution in [3.8, 4) is 0 Å². The summed E-state index contributed by atoms with van der Waals surface area (Å²) < 4.78 is 27.3. The van der Waals surface area contributed by atoms with E-state index in [1.54, 1.807) is 0 Å². The normalized spacial score (nSPS) is 12.1. The van der Waals surface area contributed by atoms with Crippen LogP contribution in [-0.2, 0) is 18.8 Å². The smallest absolute Gasteiger partial charge is 0.412 e. The topological polar surface area (TPSA) is 273 Å². The lowest BCUT2D eigenvalue weighted by Crippen LogP contribution is -2.20. The lowest BCUT2D eigenvalue weighted by Gasteiger charge is -2.14. The lowest BCUT2D eigenvalue weighted by molar-refractivity contribution is 0.121. The minimum atomic E-state index is -3.63. The van der Waals surface area contributed by atoms with E-state index < -0.39 is 10.4 Å². The van der Waals surface area contributed by atoms with Crippen LogP contribution in [0.4, 0.5) is 0 Å². The van der Waals surface area contributed by atoms with E-state index in [4.69, 9.17) is 0 Å². The maximum Gasteiger partial charge on any atom is 0.506 e. The molecule has 0 aromatic heterocycles. The van der Waals surface area contributed by atoms with Crippen LogP contribution in [0.15, 0.2) is 12.5 Å². The van der Waals surface area contributed by atoms with Crippen molar-refractivity contribution in [1.29, 1.82) is 0 Å². The summed E-state index contributed by atoms with van der Waals surface area (Å²) >= 11 is 0. The van der Waals surface area contributed by atoms with Gasteiger partial charge in [-0.15, -0.1) is 8.42 Å². The molecule has 0 aromatic carbocycles. The molecule has 0 aliphatic carbocycles. The van der Waals surface area contributed by atoms with Crippen molar-refractivity contribution >= 4 is 10.4 Å². The van der Waals surface area contributed by atoms with Crippen LogP contribution in [0.3, 0.4) is 0 Å². The van der Waals surface area contributed by atoms with E-state index in [-0.39, 0.29) is 44.3 Å². The Hall–Kier alpha value is -0.990. The molecule has 14 heavy (non-hydrogen) atoms. The highest BCUT2D eigenvalue weighted by molar-refractivity contribution is 7.83. The highest BCUT2D eigenvalue weighted by atomic mass is 32.3. The Morgan fingerprint density at radius 2 is 1.00 bits per heavy atom. The molecule has 14 N–H and O–H groups in total. The summed E-state index contributed by atoms with van der Waals surface area (Å²) in [6.45, 7) is 3.03. The van der Waals surface area contributed by atoms with Crippen molar-refractivity contribution in [2.45, 2.75) is 0 Å². The van der Waals surface area contributed by atoms with Crippen LogP contribution in [0.1, 0.15) is 0 Å². The van der Waals surface area contributed by atoms with Gasteiger partial charge in [-0.1, -0.05) is 0 Å². The Bertz CT molecular complexity index is 177. The molecule has 1 aliphatic rings.